The summed E-state index contributed by atoms with van der Waals surface area (Å²) in [4.78, 5) is 26.4. The fourth-order valence-corrected chi connectivity index (χ4v) is 3.82. The van der Waals surface area contributed by atoms with Crippen molar-refractivity contribution in [1.82, 2.24) is 0 Å². The first-order valence-corrected chi connectivity index (χ1v) is 10.1. The molecule has 0 unspecified atom stereocenters. The first kappa shape index (κ1) is 21.7. The summed E-state index contributed by atoms with van der Waals surface area (Å²) in [7, 11) is 0. The first-order chi connectivity index (χ1) is 13.5. The quantitative estimate of drug-likeness (QED) is 0.673. The van der Waals surface area contributed by atoms with Crippen LogP contribution in [0.2, 0.25) is 0 Å². The molecule has 1 aliphatic heterocycles. The van der Waals surface area contributed by atoms with Crippen LogP contribution in [-0.4, -0.2) is 17.9 Å². The lowest BCUT2D eigenvalue weighted by Crippen LogP contribution is -2.47. The summed E-state index contributed by atoms with van der Waals surface area (Å²) >= 11 is 0. The molecule has 3 atom stereocenters. The van der Waals surface area contributed by atoms with Crippen molar-refractivity contribution in [1.29, 1.82) is 0 Å². The lowest BCUT2D eigenvalue weighted by Gasteiger charge is -2.43. The molecule has 0 N–H and O–H groups in total. The molecule has 1 aliphatic rings. The van der Waals surface area contributed by atoms with Crippen molar-refractivity contribution < 1.29 is 14.3 Å². The number of fused-ring (bicyclic) bond motifs is 1. The van der Waals surface area contributed by atoms with Crippen molar-refractivity contribution >= 4 is 17.6 Å². The molecule has 2 aromatic carbocycles. The number of hydrogen-bond donors (Lipinski definition) is 0. The molecule has 150 valence electrons. The number of para-hydroxylation sites is 1. The molecule has 28 heavy (non-hydrogen) atoms. The van der Waals surface area contributed by atoms with Crippen LogP contribution >= 0.6 is 0 Å². The van der Waals surface area contributed by atoms with E-state index in [-0.39, 0.29) is 36.4 Å². The third-order valence-electron chi connectivity index (χ3n) is 5.37. The summed E-state index contributed by atoms with van der Waals surface area (Å²) in [6, 6.07) is 17.6. The Kier molecular flexibility index (Phi) is 7.80. The number of carbonyl (C=O) groups excluding carboxylic acids is 2. The van der Waals surface area contributed by atoms with E-state index >= 15 is 0 Å². The summed E-state index contributed by atoms with van der Waals surface area (Å²) < 4.78 is 5.48. The van der Waals surface area contributed by atoms with Crippen LogP contribution in [0.25, 0.3) is 0 Å². The van der Waals surface area contributed by atoms with Gasteiger partial charge in [-0.05, 0) is 30.0 Å². The number of esters is 1. The third kappa shape index (κ3) is 4.80. The van der Waals surface area contributed by atoms with E-state index in [9.17, 15) is 9.59 Å². The van der Waals surface area contributed by atoms with Crippen molar-refractivity contribution in [3.8, 4) is 0 Å². The van der Waals surface area contributed by atoms with Crippen molar-refractivity contribution in [3.05, 3.63) is 65.7 Å². The minimum atomic E-state index is -0.205. The Morgan fingerprint density at radius 2 is 1.57 bits per heavy atom. The van der Waals surface area contributed by atoms with E-state index in [1.807, 2.05) is 80.3 Å². The van der Waals surface area contributed by atoms with Crippen LogP contribution < -0.4 is 4.90 Å². The number of rotatable bonds is 4. The molecule has 4 heteroatoms. The van der Waals surface area contributed by atoms with Gasteiger partial charge >= 0.3 is 5.97 Å². The molecule has 0 saturated carbocycles. The van der Waals surface area contributed by atoms with Crippen molar-refractivity contribution in [2.45, 2.75) is 59.6 Å². The molecule has 3 rings (SSSR count). The predicted molar refractivity (Wildman–Crippen MR) is 113 cm³/mol. The zero-order chi connectivity index (χ0) is 20.7. The molecule has 0 aliphatic carbocycles. The van der Waals surface area contributed by atoms with Crippen LogP contribution in [0.5, 0.6) is 0 Å². The van der Waals surface area contributed by atoms with Crippen LogP contribution in [0.3, 0.4) is 0 Å². The SMILES string of the molecule is CC.CC(=O)N1c2ccccc2[C@H](CC(=O)OCc2ccccc2)[C@@H](C)[C@@H]1C. The Labute approximate surface area is 168 Å². The van der Waals surface area contributed by atoms with Gasteiger partial charge in [-0.3, -0.25) is 9.59 Å². The number of hydrogen-bond acceptors (Lipinski definition) is 3. The molecule has 0 spiro atoms. The molecular formula is C24H31NO3. The van der Waals surface area contributed by atoms with E-state index in [0.717, 1.165) is 16.8 Å². The maximum absolute atomic E-state index is 12.5. The van der Waals surface area contributed by atoms with Crippen LogP contribution in [0.15, 0.2) is 54.6 Å². The van der Waals surface area contributed by atoms with Crippen molar-refractivity contribution in [2.75, 3.05) is 4.90 Å². The largest absolute Gasteiger partial charge is 0.461 e. The lowest BCUT2D eigenvalue weighted by molar-refractivity contribution is -0.145. The maximum Gasteiger partial charge on any atom is 0.306 e. The normalized spacial score (nSPS) is 20.5. The Balaban J connectivity index is 0.00000136. The number of anilines is 1. The average Bonchev–Trinajstić information content (AvgIpc) is 2.72. The topological polar surface area (TPSA) is 46.6 Å². The summed E-state index contributed by atoms with van der Waals surface area (Å²) in [6.45, 7) is 10.0. The minimum Gasteiger partial charge on any atom is -0.461 e. The van der Waals surface area contributed by atoms with Gasteiger partial charge in [-0.15, -0.1) is 0 Å². The smallest absolute Gasteiger partial charge is 0.306 e. The molecular weight excluding hydrogens is 350 g/mol. The summed E-state index contributed by atoms with van der Waals surface area (Å²) in [5.74, 6) is 0.0315. The molecule has 0 aromatic heterocycles. The molecule has 2 aromatic rings. The molecule has 0 fully saturated rings. The minimum absolute atomic E-state index is 0.0295. The highest BCUT2D eigenvalue weighted by molar-refractivity contribution is 5.94. The van der Waals surface area contributed by atoms with E-state index in [4.69, 9.17) is 4.74 Å². The number of benzene rings is 2. The van der Waals surface area contributed by atoms with E-state index in [1.54, 1.807) is 6.92 Å². The van der Waals surface area contributed by atoms with Crippen LogP contribution in [0.4, 0.5) is 5.69 Å². The maximum atomic E-state index is 12.5. The Hall–Kier alpha value is -2.62. The van der Waals surface area contributed by atoms with Crippen molar-refractivity contribution in [2.24, 2.45) is 5.92 Å². The highest BCUT2D eigenvalue weighted by Gasteiger charge is 2.38. The molecule has 0 saturated heterocycles. The summed E-state index contributed by atoms with van der Waals surface area (Å²) in [6.07, 6.45) is 0.321. The van der Waals surface area contributed by atoms with Gasteiger partial charge in [-0.1, -0.05) is 69.3 Å². The second-order valence-electron chi connectivity index (χ2n) is 7.00. The Morgan fingerprint density at radius 1 is 0.964 bits per heavy atom. The number of nitrogens with zero attached hydrogens (tertiary/aromatic N) is 1. The lowest BCUT2D eigenvalue weighted by atomic mass is 9.76. The zero-order valence-corrected chi connectivity index (χ0v) is 17.5. The highest BCUT2D eigenvalue weighted by Crippen LogP contribution is 2.43. The highest BCUT2D eigenvalue weighted by atomic mass is 16.5. The Morgan fingerprint density at radius 3 is 2.21 bits per heavy atom. The van der Waals surface area contributed by atoms with Gasteiger partial charge in [0.1, 0.15) is 6.61 Å². The standard InChI is InChI=1S/C22H25NO3.C2H6/c1-15-16(2)23(17(3)24)21-12-8-7-11-19(21)20(15)13-22(25)26-14-18-9-5-4-6-10-18;1-2/h4-12,15-16,20H,13-14H2,1-3H3;1-2H3/t15-,16-,20+;/m0./s1. The second-order valence-corrected chi connectivity index (χ2v) is 7.00. The van der Waals surface area contributed by atoms with Gasteiger partial charge < -0.3 is 9.64 Å². The number of carbonyl (C=O) groups is 2. The van der Waals surface area contributed by atoms with Crippen LogP contribution in [0, 0.1) is 5.92 Å². The van der Waals surface area contributed by atoms with Gasteiger partial charge in [0.2, 0.25) is 5.91 Å². The summed E-state index contributed by atoms with van der Waals surface area (Å²) in [5.41, 5.74) is 2.94. The molecule has 4 nitrogen and oxygen atoms in total. The van der Waals surface area contributed by atoms with Crippen molar-refractivity contribution in [3.63, 3.8) is 0 Å². The predicted octanol–water partition coefficient (Wildman–Crippen LogP) is 5.32. The van der Waals surface area contributed by atoms with E-state index in [0.29, 0.717) is 6.42 Å². The molecule has 1 amide bonds. The van der Waals surface area contributed by atoms with E-state index in [1.165, 1.54) is 0 Å². The summed E-state index contributed by atoms with van der Waals surface area (Å²) in [5, 5.41) is 0. The van der Waals surface area contributed by atoms with E-state index in [2.05, 4.69) is 6.92 Å². The molecule has 1 heterocycles. The zero-order valence-electron chi connectivity index (χ0n) is 17.5. The second kappa shape index (κ2) is 10.1. The van der Waals surface area contributed by atoms with Gasteiger partial charge in [-0.25, -0.2) is 0 Å². The average molecular weight is 382 g/mol. The van der Waals surface area contributed by atoms with Crippen LogP contribution in [0.1, 0.15) is 58.1 Å². The van der Waals surface area contributed by atoms with Gasteiger partial charge in [0.15, 0.2) is 0 Å². The van der Waals surface area contributed by atoms with Gasteiger partial charge in [-0.2, -0.15) is 0 Å². The van der Waals surface area contributed by atoms with Gasteiger partial charge in [0, 0.05) is 24.6 Å². The fourth-order valence-electron chi connectivity index (χ4n) is 3.82. The number of amides is 1. The first-order valence-electron chi connectivity index (χ1n) is 10.1. The fraction of sp³-hybridized carbons (Fsp3) is 0.417. The van der Waals surface area contributed by atoms with Crippen LogP contribution in [-0.2, 0) is 20.9 Å². The van der Waals surface area contributed by atoms with Gasteiger partial charge in [0.25, 0.3) is 0 Å². The number of ether oxygens (including phenoxy) is 1. The molecule has 0 radical (unpaired) electrons. The molecule has 0 bridgehead atoms. The van der Waals surface area contributed by atoms with Gasteiger partial charge in [0.05, 0.1) is 6.42 Å². The monoisotopic (exact) mass is 381 g/mol. The Bertz CT molecular complexity index is 787. The van der Waals surface area contributed by atoms with E-state index < -0.39 is 0 Å². The third-order valence-corrected chi connectivity index (χ3v) is 5.37.